The van der Waals surface area contributed by atoms with Gasteiger partial charge in [-0.3, -0.25) is 14.5 Å². The highest BCUT2D eigenvalue weighted by Gasteiger charge is 2.45. The number of carbonyl (C=O) groups is 2. The number of likely N-dealkylation sites (tertiary alicyclic amines) is 1. The summed E-state index contributed by atoms with van der Waals surface area (Å²) in [6, 6.07) is 0. The van der Waals surface area contributed by atoms with Crippen molar-refractivity contribution in [3.05, 3.63) is 17.7 Å². The molecule has 1 aromatic heterocycles. The summed E-state index contributed by atoms with van der Waals surface area (Å²) in [6.45, 7) is 4.88. The molecule has 1 aromatic rings. The zero-order valence-electron chi connectivity index (χ0n) is 15.0. The van der Waals surface area contributed by atoms with Crippen LogP contribution in [0, 0.1) is 12.3 Å². The molecule has 142 valence electrons. The normalized spacial score (nSPS) is 25.4. The smallest absolute Gasteiger partial charge is 0.290 e. The number of hydrogen-bond acceptors (Lipinski definition) is 5. The molecule has 1 saturated heterocycles. The molecule has 3 rings (SSSR count). The third-order valence-corrected chi connectivity index (χ3v) is 4.92. The first-order valence-electron chi connectivity index (χ1n) is 8.46. The highest BCUT2D eigenvalue weighted by atomic mass is 16.5. The zero-order chi connectivity index (χ0) is 18.7. The van der Waals surface area contributed by atoms with E-state index in [1.165, 1.54) is 45.2 Å². The van der Waals surface area contributed by atoms with Crippen LogP contribution in [0.15, 0.2) is 6.20 Å². The van der Waals surface area contributed by atoms with E-state index in [1.54, 1.807) is 0 Å². The van der Waals surface area contributed by atoms with Crippen LogP contribution in [0.3, 0.4) is 0 Å². The van der Waals surface area contributed by atoms with Gasteiger partial charge in [0.2, 0.25) is 0 Å². The van der Waals surface area contributed by atoms with E-state index in [9.17, 15) is 0 Å². The predicted molar refractivity (Wildman–Crippen MR) is 92.3 cm³/mol. The first kappa shape index (κ1) is 21.1. The van der Waals surface area contributed by atoms with Crippen molar-refractivity contribution in [2.24, 2.45) is 5.41 Å². The first-order chi connectivity index (χ1) is 12.0. The van der Waals surface area contributed by atoms with E-state index in [1.807, 2.05) is 13.3 Å². The first-order valence-corrected chi connectivity index (χ1v) is 8.46. The van der Waals surface area contributed by atoms with Gasteiger partial charge in [-0.25, -0.2) is 4.98 Å². The molecule has 2 aliphatic rings. The van der Waals surface area contributed by atoms with Gasteiger partial charge in [-0.2, -0.15) is 0 Å². The van der Waals surface area contributed by atoms with Crippen LogP contribution in [0.4, 0.5) is 0 Å². The van der Waals surface area contributed by atoms with Gasteiger partial charge in [-0.15, -0.1) is 0 Å². The Balaban J connectivity index is 0.000000460. The molecule has 0 unspecified atom stereocenters. The minimum atomic E-state index is -0.250. The molecule has 0 aromatic carbocycles. The fourth-order valence-electron chi connectivity index (χ4n) is 4.09. The van der Waals surface area contributed by atoms with Crippen LogP contribution in [0.25, 0.3) is 0 Å². The second-order valence-electron chi connectivity index (χ2n) is 6.52. The molecular formula is C17H29N3O5. The molecule has 1 aliphatic heterocycles. The Hall–Kier alpha value is -1.93. The highest BCUT2D eigenvalue weighted by Crippen LogP contribution is 2.46. The van der Waals surface area contributed by atoms with Crippen LogP contribution < -0.4 is 0 Å². The third-order valence-electron chi connectivity index (χ3n) is 4.92. The summed E-state index contributed by atoms with van der Waals surface area (Å²) < 4.78 is 5.76. The van der Waals surface area contributed by atoms with Gasteiger partial charge in [0.15, 0.2) is 0 Å². The van der Waals surface area contributed by atoms with E-state index in [0.29, 0.717) is 11.5 Å². The molecule has 25 heavy (non-hydrogen) atoms. The lowest BCUT2D eigenvalue weighted by atomic mass is 9.76. The largest absolute Gasteiger partial charge is 0.483 e. The van der Waals surface area contributed by atoms with Gasteiger partial charge in [0, 0.05) is 31.0 Å². The summed E-state index contributed by atoms with van der Waals surface area (Å²) in [5.41, 5.74) is 1.56. The Bertz CT molecular complexity index is 516. The molecule has 2 heterocycles. The maximum Gasteiger partial charge on any atom is 0.290 e. The number of ether oxygens (including phenoxy) is 1. The Morgan fingerprint density at radius 2 is 2.00 bits per heavy atom. The van der Waals surface area contributed by atoms with Gasteiger partial charge in [0.05, 0.1) is 12.6 Å². The van der Waals surface area contributed by atoms with Crippen LogP contribution in [-0.4, -0.2) is 64.3 Å². The van der Waals surface area contributed by atoms with Gasteiger partial charge >= 0.3 is 0 Å². The maximum atomic E-state index is 8.36. The molecule has 2 fully saturated rings. The SMILES string of the molecule is CO[C@@H]1CCC[C@]12CCCN(Cc1ncc(C)[nH]1)C2.O=CO.O=CO. The van der Waals surface area contributed by atoms with E-state index < -0.39 is 0 Å². The van der Waals surface area contributed by atoms with E-state index in [-0.39, 0.29) is 12.9 Å². The number of nitrogens with zero attached hydrogens (tertiary/aromatic N) is 2. The lowest BCUT2D eigenvalue weighted by Crippen LogP contribution is -2.47. The maximum absolute atomic E-state index is 8.36. The molecule has 1 aliphatic carbocycles. The van der Waals surface area contributed by atoms with Crippen molar-refractivity contribution >= 4 is 12.9 Å². The van der Waals surface area contributed by atoms with E-state index in [0.717, 1.165) is 18.1 Å². The van der Waals surface area contributed by atoms with Gasteiger partial charge in [0.1, 0.15) is 5.82 Å². The molecule has 1 spiro atoms. The number of H-pyrrole nitrogens is 1. The van der Waals surface area contributed by atoms with Crippen molar-refractivity contribution in [2.45, 2.75) is 51.7 Å². The molecule has 0 radical (unpaired) electrons. The number of carboxylic acid groups (broad SMARTS) is 2. The van der Waals surface area contributed by atoms with Crippen molar-refractivity contribution in [3.8, 4) is 0 Å². The number of hydrogen-bond donors (Lipinski definition) is 3. The number of aryl methyl sites for hydroxylation is 1. The van der Waals surface area contributed by atoms with Crippen LogP contribution >= 0.6 is 0 Å². The van der Waals surface area contributed by atoms with Crippen molar-refractivity contribution in [1.29, 1.82) is 0 Å². The van der Waals surface area contributed by atoms with Crippen LogP contribution in [0.2, 0.25) is 0 Å². The minimum absolute atomic E-state index is 0.250. The molecule has 0 amide bonds. The third kappa shape index (κ3) is 6.13. The lowest BCUT2D eigenvalue weighted by molar-refractivity contribution is -0.123. The van der Waals surface area contributed by atoms with Gasteiger partial charge in [-0.05, 0) is 39.2 Å². The Labute approximate surface area is 148 Å². The van der Waals surface area contributed by atoms with Gasteiger partial charge in [0.25, 0.3) is 12.9 Å². The highest BCUT2D eigenvalue weighted by molar-refractivity contribution is 5.33. The number of imidazole rings is 1. The quantitative estimate of drug-likeness (QED) is 0.709. The standard InChI is InChI=1S/C15H25N3O.2CH2O2/c1-12-9-16-14(17-12)10-18-8-4-7-15(11-18)6-3-5-13(15)19-2;2*2-1-3/h9,13H,3-8,10-11H2,1-2H3,(H,16,17);2*1H,(H,2,3)/t13-,15-;;/m1../s1. The van der Waals surface area contributed by atoms with Crippen LogP contribution in [0.5, 0.6) is 0 Å². The van der Waals surface area contributed by atoms with E-state index in [2.05, 4.69) is 21.8 Å². The number of rotatable bonds is 3. The number of aromatic nitrogens is 2. The summed E-state index contributed by atoms with van der Waals surface area (Å²) in [4.78, 5) is 27.1. The Morgan fingerprint density at radius 3 is 2.56 bits per heavy atom. The number of nitrogens with one attached hydrogen (secondary N) is 1. The summed E-state index contributed by atoms with van der Waals surface area (Å²) in [7, 11) is 1.88. The lowest BCUT2D eigenvalue weighted by Gasteiger charge is -2.43. The molecule has 0 bridgehead atoms. The molecule has 3 N–H and O–H groups in total. The second-order valence-corrected chi connectivity index (χ2v) is 6.52. The summed E-state index contributed by atoms with van der Waals surface area (Å²) >= 11 is 0. The van der Waals surface area contributed by atoms with Crippen molar-refractivity contribution in [1.82, 2.24) is 14.9 Å². The Morgan fingerprint density at radius 1 is 1.36 bits per heavy atom. The van der Waals surface area contributed by atoms with E-state index >= 15 is 0 Å². The number of piperidine rings is 1. The summed E-state index contributed by atoms with van der Waals surface area (Å²) in [5, 5.41) is 13.8. The Kier molecular flexibility index (Phi) is 9.15. The second kappa shape index (κ2) is 10.8. The van der Waals surface area contributed by atoms with Crippen molar-refractivity contribution in [3.63, 3.8) is 0 Å². The molecular weight excluding hydrogens is 326 g/mol. The minimum Gasteiger partial charge on any atom is -0.483 e. The van der Waals surface area contributed by atoms with E-state index in [4.69, 9.17) is 24.5 Å². The average Bonchev–Trinajstić information content (AvgIpc) is 3.15. The van der Waals surface area contributed by atoms with Crippen molar-refractivity contribution in [2.75, 3.05) is 20.2 Å². The molecule has 1 saturated carbocycles. The zero-order valence-corrected chi connectivity index (χ0v) is 15.0. The van der Waals surface area contributed by atoms with Crippen molar-refractivity contribution < 1.29 is 24.5 Å². The fourth-order valence-corrected chi connectivity index (χ4v) is 4.09. The van der Waals surface area contributed by atoms with Crippen LogP contribution in [0.1, 0.15) is 43.6 Å². The fraction of sp³-hybridized carbons (Fsp3) is 0.706. The summed E-state index contributed by atoms with van der Waals surface area (Å²) in [5.74, 6) is 1.10. The number of methoxy groups -OCH3 is 1. The molecule has 8 heteroatoms. The van der Waals surface area contributed by atoms with Gasteiger partial charge < -0.3 is 19.9 Å². The monoisotopic (exact) mass is 355 g/mol. The summed E-state index contributed by atoms with van der Waals surface area (Å²) in [6.07, 6.45) is 8.91. The predicted octanol–water partition coefficient (Wildman–Crippen LogP) is 1.90. The topological polar surface area (TPSA) is 116 Å². The average molecular weight is 355 g/mol. The molecule has 8 nitrogen and oxygen atoms in total. The van der Waals surface area contributed by atoms with Gasteiger partial charge in [-0.1, -0.05) is 6.42 Å². The molecule has 2 atom stereocenters. The number of aromatic amines is 1. The van der Waals surface area contributed by atoms with Crippen LogP contribution in [-0.2, 0) is 20.9 Å².